The Labute approximate surface area is 123 Å². The number of sulfonamides is 1. The average Bonchev–Trinajstić information content (AvgIpc) is 2.35. The van der Waals surface area contributed by atoms with E-state index in [1.54, 1.807) is 12.1 Å². The van der Waals surface area contributed by atoms with Gasteiger partial charge in [-0.1, -0.05) is 26.0 Å². The third kappa shape index (κ3) is 5.61. The predicted molar refractivity (Wildman–Crippen MR) is 83.3 cm³/mol. The van der Waals surface area contributed by atoms with Crippen molar-refractivity contribution in [1.29, 1.82) is 0 Å². The van der Waals surface area contributed by atoms with Gasteiger partial charge in [-0.05, 0) is 57.0 Å². The van der Waals surface area contributed by atoms with Gasteiger partial charge in [0.2, 0.25) is 10.0 Å². The largest absolute Gasteiger partial charge is 0.319 e. The lowest BCUT2D eigenvalue weighted by Crippen LogP contribution is -2.33. The molecule has 0 aliphatic rings. The first-order chi connectivity index (χ1) is 9.35. The Hall–Kier alpha value is -0.910. The standard InChI is InChI=1S/C15H26N2O2S/c1-12(2)11-13(3)17-20(18,19)15-7-5-14(6-8-15)9-10-16-4/h5-8,12-13,16-17H,9-11H2,1-4H3. The lowest BCUT2D eigenvalue weighted by molar-refractivity contribution is 0.482. The molecule has 0 fully saturated rings. The van der Waals surface area contributed by atoms with Crippen LogP contribution in [0.25, 0.3) is 0 Å². The van der Waals surface area contributed by atoms with Crippen molar-refractivity contribution in [2.45, 2.75) is 44.6 Å². The summed E-state index contributed by atoms with van der Waals surface area (Å²) in [5, 5.41) is 3.07. The van der Waals surface area contributed by atoms with E-state index >= 15 is 0 Å². The van der Waals surface area contributed by atoms with Crippen molar-refractivity contribution in [1.82, 2.24) is 10.0 Å². The van der Waals surface area contributed by atoms with Crippen LogP contribution in [-0.4, -0.2) is 28.1 Å². The highest BCUT2D eigenvalue weighted by atomic mass is 32.2. The van der Waals surface area contributed by atoms with E-state index < -0.39 is 10.0 Å². The molecule has 0 heterocycles. The molecule has 20 heavy (non-hydrogen) atoms. The fourth-order valence-corrected chi connectivity index (χ4v) is 3.45. The molecule has 4 nitrogen and oxygen atoms in total. The van der Waals surface area contributed by atoms with E-state index in [9.17, 15) is 8.42 Å². The second kappa shape index (κ2) is 7.76. The normalized spacial score (nSPS) is 13.7. The molecule has 0 amide bonds. The maximum absolute atomic E-state index is 12.2. The van der Waals surface area contributed by atoms with Crippen molar-refractivity contribution >= 4 is 10.0 Å². The van der Waals surface area contributed by atoms with Crippen LogP contribution in [0.3, 0.4) is 0 Å². The summed E-state index contributed by atoms with van der Waals surface area (Å²) >= 11 is 0. The molecule has 0 saturated carbocycles. The minimum atomic E-state index is -3.41. The monoisotopic (exact) mass is 298 g/mol. The fourth-order valence-electron chi connectivity index (χ4n) is 2.19. The van der Waals surface area contributed by atoms with Gasteiger partial charge in [0.15, 0.2) is 0 Å². The maximum atomic E-state index is 12.2. The van der Waals surface area contributed by atoms with Crippen LogP contribution in [0.15, 0.2) is 29.2 Å². The van der Waals surface area contributed by atoms with Gasteiger partial charge in [0.1, 0.15) is 0 Å². The molecular weight excluding hydrogens is 272 g/mol. The predicted octanol–water partition coefficient (Wildman–Crippen LogP) is 2.16. The molecule has 0 aliphatic carbocycles. The average molecular weight is 298 g/mol. The van der Waals surface area contributed by atoms with Crippen LogP contribution in [0.2, 0.25) is 0 Å². The SMILES string of the molecule is CNCCc1ccc(S(=O)(=O)NC(C)CC(C)C)cc1. The number of benzene rings is 1. The Morgan fingerprint density at radius 2 is 1.70 bits per heavy atom. The van der Waals surface area contributed by atoms with E-state index in [4.69, 9.17) is 0 Å². The molecule has 1 aromatic rings. The Balaban J connectivity index is 2.72. The summed E-state index contributed by atoms with van der Waals surface area (Å²) in [7, 11) is -1.51. The highest BCUT2D eigenvalue weighted by molar-refractivity contribution is 7.89. The van der Waals surface area contributed by atoms with Gasteiger partial charge in [0.05, 0.1) is 4.90 Å². The molecule has 0 spiro atoms. The molecular formula is C15H26N2O2S. The molecule has 0 saturated heterocycles. The topological polar surface area (TPSA) is 58.2 Å². The van der Waals surface area contributed by atoms with Gasteiger partial charge < -0.3 is 5.32 Å². The van der Waals surface area contributed by atoms with Gasteiger partial charge in [0.25, 0.3) is 0 Å². The third-order valence-electron chi connectivity index (χ3n) is 3.08. The maximum Gasteiger partial charge on any atom is 0.240 e. The number of nitrogens with one attached hydrogen (secondary N) is 2. The molecule has 1 unspecified atom stereocenters. The molecule has 0 radical (unpaired) electrons. The minimum Gasteiger partial charge on any atom is -0.319 e. The Bertz CT molecular complexity index is 495. The van der Waals surface area contributed by atoms with E-state index in [0.717, 1.165) is 24.9 Å². The van der Waals surface area contributed by atoms with Gasteiger partial charge in [-0.25, -0.2) is 13.1 Å². The summed E-state index contributed by atoms with van der Waals surface area (Å²) < 4.78 is 27.2. The van der Waals surface area contributed by atoms with E-state index in [1.807, 2.05) is 26.1 Å². The van der Waals surface area contributed by atoms with Gasteiger partial charge in [-0.2, -0.15) is 0 Å². The quantitative estimate of drug-likeness (QED) is 0.773. The number of rotatable bonds is 8. The zero-order valence-electron chi connectivity index (χ0n) is 12.8. The van der Waals surface area contributed by atoms with Crippen LogP contribution in [-0.2, 0) is 16.4 Å². The van der Waals surface area contributed by atoms with Gasteiger partial charge >= 0.3 is 0 Å². The molecule has 1 rings (SSSR count). The molecule has 0 bridgehead atoms. The minimum absolute atomic E-state index is 0.0519. The Kier molecular flexibility index (Phi) is 6.65. The lowest BCUT2D eigenvalue weighted by Gasteiger charge is -2.16. The van der Waals surface area contributed by atoms with Crippen molar-refractivity contribution in [3.8, 4) is 0 Å². The Morgan fingerprint density at radius 3 is 2.20 bits per heavy atom. The molecule has 0 aromatic heterocycles. The molecule has 114 valence electrons. The van der Waals surface area contributed by atoms with Crippen LogP contribution < -0.4 is 10.0 Å². The zero-order chi connectivity index (χ0) is 15.2. The first-order valence-electron chi connectivity index (χ1n) is 7.11. The molecule has 2 N–H and O–H groups in total. The lowest BCUT2D eigenvalue weighted by atomic mass is 10.1. The van der Waals surface area contributed by atoms with Crippen molar-refractivity contribution in [3.05, 3.63) is 29.8 Å². The highest BCUT2D eigenvalue weighted by Gasteiger charge is 2.17. The van der Waals surface area contributed by atoms with Crippen LogP contribution in [0.1, 0.15) is 32.8 Å². The van der Waals surface area contributed by atoms with Gasteiger partial charge in [-0.15, -0.1) is 0 Å². The van der Waals surface area contributed by atoms with E-state index in [2.05, 4.69) is 23.9 Å². The summed E-state index contributed by atoms with van der Waals surface area (Å²) in [6.45, 7) is 6.96. The third-order valence-corrected chi connectivity index (χ3v) is 4.68. The summed E-state index contributed by atoms with van der Waals surface area (Å²) in [5.74, 6) is 0.469. The van der Waals surface area contributed by atoms with Crippen molar-refractivity contribution in [2.75, 3.05) is 13.6 Å². The first-order valence-corrected chi connectivity index (χ1v) is 8.59. The van der Waals surface area contributed by atoms with Crippen LogP contribution >= 0.6 is 0 Å². The second-order valence-corrected chi connectivity index (χ2v) is 7.36. The molecule has 1 aromatic carbocycles. The molecule has 0 aliphatic heterocycles. The van der Waals surface area contributed by atoms with E-state index in [-0.39, 0.29) is 6.04 Å². The number of likely N-dealkylation sites (N-methyl/N-ethyl adjacent to an activating group) is 1. The van der Waals surface area contributed by atoms with Crippen LogP contribution in [0.4, 0.5) is 0 Å². The summed E-state index contributed by atoms with van der Waals surface area (Å²) in [6, 6.07) is 7.05. The number of hydrogen-bond acceptors (Lipinski definition) is 3. The van der Waals surface area contributed by atoms with Gasteiger partial charge in [-0.3, -0.25) is 0 Å². The molecule has 5 heteroatoms. The van der Waals surface area contributed by atoms with E-state index in [1.165, 1.54) is 0 Å². The summed E-state index contributed by atoms with van der Waals surface area (Å²) in [4.78, 5) is 0.335. The van der Waals surface area contributed by atoms with Crippen molar-refractivity contribution < 1.29 is 8.42 Å². The van der Waals surface area contributed by atoms with Crippen molar-refractivity contribution in [3.63, 3.8) is 0 Å². The van der Waals surface area contributed by atoms with E-state index in [0.29, 0.717) is 10.8 Å². The second-order valence-electron chi connectivity index (χ2n) is 5.65. The summed E-state index contributed by atoms with van der Waals surface area (Å²) in [6.07, 6.45) is 1.73. The van der Waals surface area contributed by atoms with Gasteiger partial charge in [0, 0.05) is 6.04 Å². The smallest absolute Gasteiger partial charge is 0.240 e. The summed E-state index contributed by atoms with van der Waals surface area (Å²) in [5.41, 5.74) is 1.13. The first kappa shape index (κ1) is 17.1. The van der Waals surface area contributed by atoms with Crippen LogP contribution in [0, 0.1) is 5.92 Å². The van der Waals surface area contributed by atoms with Crippen molar-refractivity contribution in [2.24, 2.45) is 5.92 Å². The highest BCUT2D eigenvalue weighted by Crippen LogP contribution is 2.13. The molecule has 1 atom stereocenters. The van der Waals surface area contributed by atoms with Crippen LogP contribution in [0.5, 0.6) is 0 Å². The zero-order valence-corrected chi connectivity index (χ0v) is 13.6. The Morgan fingerprint density at radius 1 is 1.10 bits per heavy atom. The number of hydrogen-bond donors (Lipinski definition) is 2. The fraction of sp³-hybridized carbons (Fsp3) is 0.600.